The monoisotopic (exact) mass is 203 g/mol. The molecule has 0 rings (SSSR count). The van der Waals surface area contributed by atoms with Crippen molar-refractivity contribution < 1.29 is 19.5 Å². The summed E-state index contributed by atoms with van der Waals surface area (Å²) in [5.74, 6) is -0.328. The Morgan fingerprint density at radius 1 is 1.36 bits per heavy atom. The second-order valence-corrected chi connectivity index (χ2v) is 4.09. The lowest BCUT2D eigenvalue weighted by Crippen LogP contribution is -2.35. The first-order chi connectivity index (χ1) is 5.95. The smallest absolute Gasteiger partial charge is 0.330 e. The van der Waals surface area contributed by atoms with Crippen LogP contribution < -0.4 is 0 Å². The van der Waals surface area contributed by atoms with Gasteiger partial charge in [0.2, 0.25) is 0 Å². The first-order valence-corrected chi connectivity index (χ1v) is 4.55. The largest absolute Gasteiger partial charge is 0.870 e. The maximum atomic E-state index is 10.6. The number of quaternary nitrogens is 1. The average molecular weight is 203 g/mol. The molecule has 0 aromatic carbocycles. The van der Waals surface area contributed by atoms with Crippen LogP contribution in [0.15, 0.2) is 12.7 Å². The first-order valence-electron chi connectivity index (χ1n) is 4.55. The van der Waals surface area contributed by atoms with Crippen molar-refractivity contribution in [3.8, 4) is 0 Å². The van der Waals surface area contributed by atoms with Gasteiger partial charge in [0.1, 0.15) is 0 Å². The summed E-state index contributed by atoms with van der Waals surface area (Å²) in [4.78, 5) is 10.6. The van der Waals surface area contributed by atoms with Crippen molar-refractivity contribution in [2.75, 3.05) is 34.3 Å². The van der Waals surface area contributed by atoms with E-state index in [-0.39, 0.29) is 11.4 Å². The molecule has 4 heteroatoms. The molecule has 0 aliphatic rings. The molecule has 0 saturated carbocycles. The highest BCUT2D eigenvalue weighted by Gasteiger charge is 2.05. The highest BCUT2D eigenvalue weighted by molar-refractivity contribution is 5.81. The van der Waals surface area contributed by atoms with E-state index in [2.05, 4.69) is 27.7 Å². The predicted molar refractivity (Wildman–Crippen MR) is 55.2 cm³/mol. The predicted octanol–water partition coefficient (Wildman–Crippen LogP) is 1.03. The van der Waals surface area contributed by atoms with E-state index in [9.17, 15) is 4.79 Å². The van der Waals surface area contributed by atoms with E-state index >= 15 is 0 Å². The first kappa shape index (κ1) is 15.6. The Hall–Kier alpha value is -0.870. The van der Waals surface area contributed by atoms with Crippen molar-refractivity contribution in [2.24, 2.45) is 0 Å². The van der Waals surface area contributed by atoms with Crippen LogP contribution in [-0.4, -0.2) is 50.2 Å². The van der Waals surface area contributed by atoms with Crippen LogP contribution in [0, 0.1) is 0 Å². The van der Waals surface area contributed by atoms with Crippen LogP contribution >= 0.6 is 0 Å². The van der Waals surface area contributed by atoms with Gasteiger partial charge in [0, 0.05) is 6.08 Å². The lowest BCUT2D eigenvalue weighted by Gasteiger charge is -2.23. The normalized spacial score (nSPS) is 10.2. The zero-order chi connectivity index (χ0) is 10.3. The summed E-state index contributed by atoms with van der Waals surface area (Å²) in [5, 5.41) is 0. The standard InChI is InChI=1S/C10H20NO2.H2O/c1-5-10(12)13-9-7-6-8-11(2,3)4;/h5H,1,6-9H2,2-4H3;1H2/q+1;/p-1. The van der Waals surface area contributed by atoms with E-state index in [1.807, 2.05) is 0 Å². The number of carbonyl (C=O) groups is 1. The number of carbonyl (C=O) groups excluding carboxylic acids is 1. The van der Waals surface area contributed by atoms with Gasteiger partial charge >= 0.3 is 5.97 Å². The number of rotatable bonds is 6. The number of hydrogen-bond acceptors (Lipinski definition) is 3. The quantitative estimate of drug-likeness (QED) is 0.280. The molecule has 1 N–H and O–H groups in total. The topological polar surface area (TPSA) is 56.3 Å². The molecule has 0 saturated heterocycles. The molecule has 0 amide bonds. The van der Waals surface area contributed by atoms with Gasteiger partial charge in [-0.15, -0.1) is 0 Å². The van der Waals surface area contributed by atoms with Crippen molar-refractivity contribution in [3.63, 3.8) is 0 Å². The Balaban J connectivity index is 0. The molecule has 0 spiro atoms. The number of ether oxygens (including phenoxy) is 1. The second kappa shape index (κ2) is 7.53. The van der Waals surface area contributed by atoms with Crippen molar-refractivity contribution in [1.82, 2.24) is 0 Å². The maximum absolute atomic E-state index is 10.6. The number of esters is 1. The fourth-order valence-corrected chi connectivity index (χ4v) is 0.920. The van der Waals surface area contributed by atoms with E-state index < -0.39 is 0 Å². The zero-order valence-corrected chi connectivity index (χ0v) is 9.32. The molecule has 0 aliphatic carbocycles. The Kier molecular flexibility index (Phi) is 8.38. The van der Waals surface area contributed by atoms with E-state index in [0.717, 1.165) is 23.9 Å². The van der Waals surface area contributed by atoms with Crippen LogP contribution in [0.25, 0.3) is 0 Å². The number of nitrogens with zero attached hydrogens (tertiary/aromatic N) is 1. The van der Waals surface area contributed by atoms with Gasteiger partial charge in [-0.1, -0.05) is 6.58 Å². The molecule has 0 fully saturated rings. The molecule has 0 radical (unpaired) electrons. The average Bonchev–Trinajstić information content (AvgIpc) is 2.01. The molecular weight excluding hydrogens is 182 g/mol. The highest BCUT2D eigenvalue weighted by Crippen LogP contribution is 1.97. The molecule has 0 atom stereocenters. The summed E-state index contributed by atoms with van der Waals surface area (Å²) in [6.07, 6.45) is 3.20. The Bertz CT molecular complexity index is 173. The van der Waals surface area contributed by atoms with E-state index in [1.54, 1.807) is 0 Å². The van der Waals surface area contributed by atoms with Gasteiger partial charge in [0.25, 0.3) is 0 Å². The molecule has 4 nitrogen and oxygen atoms in total. The van der Waals surface area contributed by atoms with E-state index in [1.165, 1.54) is 6.08 Å². The summed E-state index contributed by atoms with van der Waals surface area (Å²) in [7, 11) is 6.45. The molecule has 0 bridgehead atoms. The minimum atomic E-state index is -0.328. The van der Waals surface area contributed by atoms with Crippen LogP contribution in [0.2, 0.25) is 0 Å². The van der Waals surface area contributed by atoms with Crippen LogP contribution in [-0.2, 0) is 9.53 Å². The summed E-state index contributed by atoms with van der Waals surface area (Å²) >= 11 is 0. The lowest BCUT2D eigenvalue weighted by molar-refractivity contribution is -0.870. The summed E-state index contributed by atoms with van der Waals surface area (Å²) in [5.41, 5.74) is 0. The summed E-state index contributed by atoms with van der Waals surface area (Å²) in [6, 6.07) is 0. The van der Waals surface area contributed by atoms with Crippen molar-refractivity contribution >= 4 is 5.97 Å². The molecule has 0 aromatic rings. The minimum absolute atomic E-state index is 0. The lowest BCUT2D eigenvalue weighted by atomic mass is 10.3. The Morgan fingerprint density at radius 3 is 2.36 bits per heavy atom. The fraction of sp³-hybridized carbons (Fsp3) is 0.700. The molecule has 0 heterocycles. The second-order valence-electron chi connectivity index (χ2n) is 4.09. The number of unbranched alkanes of at least 4 members (excludes halogenated alkanes) is 1. The van der Waals surface area contributed by atoms with Crippen molar-refractivity contribution in [2.45, 2.75) is 12.8 Å². The van der Waals surface area contributed by atoms with Crippen molar-refractivity contribution in [3.05, 3.63) is 12.7 Å². The third-order valence-corrected chi connectivity index (χ3v) is 1.63. The molecule has 0 aliphatic heterocycles. The van der Waals surface area contributed by atoms with Crippen LogP contribution in [0.5, 0.6) is 0 Å². The SMILES string of the molecule is C=CC(=O)OCCCC[N+](C)(C)C.[OH-]. The van der Waals surface area contributed by atoms with Crippen LogP contribution in [0.1, 0.15) is 12.8 Å². The van der Waals surface area contributed by atoms with Gasteiger partial charge in [-0.3, -0.25) is 0 Å². The Labute approximate surface area is 86.1 Å². The third-order valence-electron chi connectivity index (χ3n) is 1.63. The van der Waals surface area contributed by atoms with E-state index in [0.29, 0.717) is 6.61 Å². The fourth-order valence-electron chi connectivity index (χ4n) is 0.920. The van der Waals surface area contributed by atoms with Crippen LogP contribution in [0.4, 0.5) is 0 Å². The van der Waals surface area contributed by atoms with Gasteiger partial charge < -0.3 is 14.7 Å². The maximum Gasteiger partial charge on any atom is 0.330 e. The van der Waals surface area contributed by atoms with Crippen molar-refractivity contribution in [1.29, 1.82) is 0 Å². The Morgan fingerprint density at radius 2 is 1.93 bits per heavy atom. The van der Waals surface area contributed by atoms with Crippen LogP contribution in [0.3, 0.4) is 0 Å². The van der Waals surface area contributed by atoms with Gasteiger partial charge in [0.05, 0.1) is 34.3 Å². The van der Waals surface area contributed by atoms with Gasteiger partial charge in [-0.2, -0.15) is 0 Å². The summed E-state index contributed by atoms with van der Waals surface area (Å²) in [6.45, 7) is 4.93. The third kappa shape index (κ3) is 11.1. The van der Waals surface area contributed by atoms with Gasteiger partial charge in [-0.25, -0.2) is 4.79 Å². The van der Waals surface area contributed by atoms with Gasteiger partial charge in [0.15, 0.2) is 0 Å². The molecule has 0 unspecified atom stereocenters. The molecule has 14 heavy (non-hydrogen) atoms. The zero-order valence-electron chi connectivity index (χ0n) is 9.32. The highest BCUT2D eigenvalue weighted by atomic mass is 16.5. The summed E-state index contributed by atoms with van der Waals surface area (Å²) < 4.78 is 5.80. The molecular formula is C10H21NO3. The molecule has 84 valence electrons. The van der Waals surface area contributed by atoms with Gasteiger partial charge in [-0.05, 0) is 12.8 Å². The minimum Gasteiger partial charge on any atom is -0.870 e. The molecule has 0 aromatic heterocycles. The van der Waals surface area contributed by atoms with E-state index in [4.69, 9.17) is 4.74 Å². The number of hydrogen-bond donors (Lipinski definition) is 0.